The molecular weight excluding hydrogens is 228 g/mol. The quantitative estimate of drug-likeness (QED) is 0.423. The number of H-pyrrole nitrogens is 1. The minimum Gasteiger partial charge on any atom is -0.382 e. The van der Waals surface area contributed by atoms with Crippen LogP contribution in [0.5, 0.6) is 0 Å². The van der Waals surface area contributed by atoms with Gasteiger partial charge in [-0.05, 0) is 12.1 Å². The summed E-state index contributed by atoms with van der Waals surface area (Å²) in [7, 11) is 0. The average Bonchev–Trinajstić information content (AvgIpc) is 2.81. The minimum absolute atomic E-state index is 0.0455. The standard InChI is InChI=1S/C12H12N6/c13-6-3-7-16-11(15)10(14)12-17-8-4-1-2-5-9(8)18-12/h1-2,4-5,14H,3,7H2,(H2,15,16)(H,17,18). The highest BCUT2D eigenvalue weighted by Crippen LogP contribution is 2.10. The Morgan fingerprint density at radius 3 is 3.00 bits per heavy atom. The number of nitrogens with two attached hydrogens (primary N) is 1. The molecule has 0 aliphatic carbocycles. The molecule has 0 saturated carbocycles. The SMILES string of the molecule is N#CCCN=C(N)C(=N)c1nc2ccccc2[nH]1. The monoisotopic (exact) mass is 240 g/mol. The van der Waals surface area contributed by atoms with E-state index in [9.17, 15) is 0 Å². The van der Waals surface area contributed by atoms with Crippen LogP contribution in [0.15, 0.2) is 29.3 Å². The van der Waals surface area contributed by atoms with Crippen LogP contribution >= 0.6 is 0 Å². The fourth-order valence-electron chi connectivity index (χ4n) is 1.50. The lowest BCUT2D eigenvalue weighted by atomic mass is 10.3. The van der Waals surface area contributed by atoms with Crippen molar-refractivity contribution in [3.05, 3.63) is 30.1 Å². The summed E-state index contributed by atoms with van der Waals surface area (Å²) in [6, 6.07) is 9.46. The van der Waals surface area contributed by atoms with Crippen molar-refractivity contribution in [1.29, 1.82) is 10.7 Å². The van der Waals surface area contributed by atoms with E-state index in [1.165, 1.54) is 0 Å². The minimum atomic E-state index is 0.0455. The second-order valence-corrected chi connectivity index (χ2v) is 3.65. The van der Waals surface area contributed by atoms with Crippen LogP contribution in [-0.2, 0) is 0 Å². The fraction of sp³-hybridized carbons (Fsp3) is 0.167. The zero-order chi connectivity index (χ0) is 13.0. The van der Waals surface area contributed by atoms with Gasteiger partial charge in [-0.1, -0.05) is 12.1 Å². The number of imidazole rings is 1. The Morgan fingerprint density at radius 1 is 1.50 bits per heavy atom. The molecule has 0 atom stereocenters. The van der Waals surface area contributed by atoms with E-state index in [0.29, 0.717) is 12.4 Å². The first-order valence-corrected chi connectivity index (χ1v) is 5.43. The molecular formula is C12H12N6. The summed E-state index contributed by atoms with van der Waals surface area (Å²) in [5.74, 6) is 0.471. The molecule has 1 aromatic heterocycles. The second-order valence-electron chi connectivity index (χ2n) is 3.65. The molecule has 0 saturated heterocycles. The van der Waals surface area contributed by atoms with Gasteiger partial charge in [0.2, 0.25) is 0 Å². The first kappa shape index (κ1) is 11.8. The normalized spacial score (nSPS) is 11.4. The van der Waals surface area contributed by atoms with Gasteiger partial charge in [0.05, 0.1) is 30.1 Å². The van der Waals surface area contributed by atoms with Crippen molar-refractivity contribution in [2.75, 3.05) is 6.54 Å². The van der Waals surface area contributed by atoms with Crippen molar-refractivity contribution in [3.63, 3.8) is 0 Å². The maximum absolute atomic E-state index is 8.40. The molecule has 18 heavy (non-hydrogen) atoms. The number of amidine groups is 1. The molecule has 6 nitrogen and oxygen atoms in total. The van der Waals surface area contributed by atoms with Gasteiger partial charge in [0.15, 0.2) is 5.82 Å². The molecule has 0 fully saturated rings. The van der Waals surface area contributed by atoms with E-state index in [1.807, 2.05) is 30.3 Å². The molecule has 4 N–H and O–H groups in total. The van der Waals surface area contributed by atoms with Crippen LogP contribution in [0.25, 0.3) is 11.0 Å². The summed E-state index contributed by atoms with van der Waals surface area (Å²) in [6.07, 6.45) is 0.286. The van der Waals surface area contributed by atoms with Gasteiger partial charge in [-0.25, -0.2) is 4.98 Å². The van der Waals surface area contributed by atoms with E-state index in [-0.39, 0.29) is 18.0 Å². The molecule has 0 aliphatic rings. The Morgan fingerprint density at radius 2 is 2.28 bits per heavy atom. The Bertz CT molecular complexity index is 613. The Balaban J connectivity index is 2.23. The van der Waals surface area contributed by atoms with Crippen LogP contribution in [0.4, 0.5) is 0 Å². The first-order valence-electron chi connectivity index (χ1n) is 5.43. The number of nitriles is 1. The number of para-hydroxylation sites is 2. The van der Waals surface area contributed by atoms with Gasteiger partial charge in [0.25, 0.3) is 0 Å². The number of hydrogen-bond acceptors (Lipinski definition) is 4. The maximum atomic E-state index is 8.40. The molecule has 0 radical (unpaired) electrons. The molecule has 6 heteroatoms. The molecule has 0 aliphatic heterocycles. The van der Waals surface area contributed by atoms with Gasteiger partial charge >= 0.3 is 0 Å². The zero-order valence-corrected chi connectivity index (χ0v) is 9.64. The molecule has 0 spiro atoms. The molecule has 2 aromatic rings. The number of aromatic nitrogens is 2. The van der Waals surface area contributed by atoms with E-state index in [1.54, 1.807) is 0 Å². The van der Waals surface area contributed by atoms with Crippen LogP contribution in [-0.4, -0.2) is 28.1 Å². The number of benzene rings is 1. The van der Waals surface area contributed by atoms with Gasteiger partial charge in [-0.3, -0.25) is 10.4 Å². The third-order valence-electron chi connectivity index (χ3n) is 2.39. The highest BCUT2D eigenvalue weighted by molar-refractivity contribution is 6.45. The third-order valence-corrected chi connectivity index (χ3v) is 2.39. The van der Waals surface area contributed by atoms with Gasteiger partial charge < -0.3 is 10.7 Å². The van der Waals surface area contributed by atoms with Crippen molar-refractivity contribution >= 4 is 22.6 Å². The predicted octanol–water partition coefficient (Wildman–Crippen LogP) is 1.20. The lowest BCUT2D eigenvalue weighted by Gasteiger charge is -1.98. The number of hydrogen-bond donors (Lipinski definition) is 3. The van der Waals surface area contributed by atoms with E-state index in [4.69, 9.17) is 16.4 Å². The lowest BCUT2D eigenvalue weighted by molar-refractivity contribution is 1.01. The summed E-state index contributed by atoms with van der Waals surface area (Å²) in [5.41, 5.74) is 7.34. The van der Waals surface area contributed by atoms with Crippen molar-refractivity contribution in [2.45, 2.75) is 6.42 Å². The largest absolute Gasteiger partial charge is 0.382 e. The number of fused-ring (bicyclic) bond motifs is 1. The highest BCUT2D eigenvalue weighted by atomic mass is 15.0. The van der Waals surface area contributed by atoms with Crippen molar-refractivity contribution < 1.29 is 0 Å². The number of aromatic amines is 1. The van der Waals surface area contributed by atoms with Crippen molar-refractivity contribution in [2.24, 2.45) is 10.7 Å². The highest BCUT2D eigenvalue weighted by Gasteiger charge is 2.10. The van der Waals surface area contributed by atoms with E-state index in [0.717, 1.165) is 11.0 Å². The summed E-state index contributed by atoms with van der Waals surface area (Å²) < 4.78 is 0. The second kappa shape index (κ2) is 5.10. The topological polar surface area (TPSA) is 115 Å². The Labute approximate surface area is 104 Å². The first-order chi connectivity index (χ1) is 8.72. The maximum Gasteiger partial charge on any atom is 0.160 e. The van der Waals surface area contributed by atoms with Gasteiger partial charge in [0.1, 0.15) is 11.5 Å². The summed E-state index contributed by atoms with van der Waals surface area (Å²) in [5, 5.41) is 16.3. The van der Waals surface area contributed by atoms with E-state index >= 15 is 0 Å². The van der Waals surface area contributed by atoms with E-state index < -0.39 is 0 Å². The van der Waals surface area contributed by atoms with Crippen molar-refractivity contribution in [1.82, 2.24) is 9.97 Å². The predicted molar refractivity (Wildman–Crippen MR) is 69.6 cm³/mol. The van der Waals surface area contributed by atoms with Crippen molar-refractivity contribution in [3.8, 4) is 6.07 Å². The van der Waals surface area contributed by atoms with Crippen LogP contribution < -0.4 is 5.73 Å². The summed E-state index contributed by atoms with van der Waals surface area (Å²) in [4.78, 5) is 11.2. The summed E-state index contributed by atoms with van der Waals surface area (Å²) in [6.45, 7) is 0.297. The lowest BCUT2D eigenvalue weighted by Crippen LogP contribution is -2.25. The van der Waals surface area contributed by atoms with Crippen LogP contribution in [0.3, 0.4) is 0 Å². The molecule has 0 bridgehead atoms. The average molecular weight is 240 g/mol. The molecule has 1 aromatic carbocycles. The van der Waals surface area contributed by atoms with Crippen LogP contribution in [0.1, 0.15) is 12.2 Å². The number of nitrogens with one attached hydrogen (secondary N) is 2. The smallest absolute Gasteiger partial charge is 0.160 e. The fourth-order valence-corrected chi connectivity index (χ4v) is 1.50. The third kappa shape index (κ3) is 2.35. The molecule has 2 rings (SSSR count). The number of rotatable bonds is 4. The zero-order valence-electron chi connectivity index (χ0n) is 9.64. The van der Waals surface area contributed by atoms with Gasteiger partial charge in [0, 0.05) is 0 Å². The molecule has 0 amide bonds. The van der Waals surface area contributed by atoms with Crippen LogP contribution in [0.2, 0.25) is 0 Å². The summed E-state index contributed by atoms with van der Waals surface area (Å²) >= 11 is 0. The number of aliphatic imine (C=N–C) groups is 1. The van der Waals surface area contributed by atoms with E-state index in [2.05, 4.69) is 15.0 Å². The molecule has 0 unspecified atom stereocenters. The van der Waals surface area contributed by atoms with Crippen LogP contribution in [0, 0.1) is 16.7 Å². The molecule has 90 valence electrons. The van der Waals surface area contributed by atoms with Gasteiger partial charge in [-0.15, -0.1) is 0 Å². The van der Waals surface area contributed by atoms with Gasteiger partial charge in [-0.2, -0.15) is 5.26 Å². The Kier molecular flexibility index (Phi) is 3.34. The molecule has 1 heterocycles. The number of nitrogens with zero attached hydrogens (tertiary/aromatic N) is 3. The Hall–Kier alpha value is -2.68.